The SMILES string of the molecule is CCCCOc1cccc(NC(=O)CCC(=O)Nc2cccc(-c3c(I)c4cc(C(=O)O)c(O)cc4n3C)c2)c1. The molecule has 2 amide bonds. The number of aromatic carboxylic acids is 1. The number of carbonyl (C=O) groups excluding carboxylic acids is 2. The highest BCUT2D eigenvalue weighted by Gasteiger charge is 2.20. The number of nitrogens with one attached hydrogen (secondary N) is 2. The maximum absolute atomic E-state index is 12.6. The molecule has 0 radical (unpaired) electrons. The number of hydrogen-bond acceptors (Lipinski definition) is 5. The third-order valence-corrected chi connectivity index (χ3v) is 7.46. The van der Waals surface area contributed by atoms with Crippen LogP contribution in [0.5, 0.6) is 11.5 Å². The Labute approximate surface area is 245 Å². The maximum atomic E-state index is 12.6. The summed E-state index contributed by atoms with van der Waals surface area (Å²) in [5.41, 5.74) is 3.31. The zero-order valence-corrected chi connectivity index (χ0v) is 24.3. The van der Waals surface area contributed by atoms with Gasteiger partial charge in [-0.25, -0.2) is 4.79 Å². The number of nitrogens with zero attached hydrogens (tertiary/aromatic N) is 1. The summed E-state index contributed by atoms with van der Waals surface area (Å²) in [5.74, 6) is -1.40. The average molecular weight is 655 g/mol. The van der Waals surface area contributed by atoms with Gasteiger partial charge in [-0.2, -0.15) is 0 Å². The lowest BCUT2D eigenvalue weighted by molar-refractivity contribution is -0.121. The molecule has 1 heterocycles. The summed E-state index contributed by atoms with van der Waals surface area (Å²) in [4.78, 5) is 36.6. The van der Waals surface area contributed by atoms with Gasteiger partial charge < -0.3 is 30.2 Å². The van der Waals surface area contributed by atoms with Crippen molar-refractivity contribution in [1.82, 2.24) is 4.57 Å². The highest BCUT2D eigenvalue weighted by atomic mass is 127. The number of unbranched alkanes of at least 4 members (excludes halogenated alkanes) is 1. The third-order valence-electron chi connectivity index (χ3n) is 6.37. The molecule has 40 heavy (non-hydrogen) atoms. The molecule has 208 valence electrons. The predicted molar refractivity (Wildman–Crippen MR) is 163 cm³/mol. The topological polar surface area (TPSA) is 130 Å². The van der Waals surface area contributed by atoms with Gasteiger partial charge in [-0.3, -0.25) is 9.59 Å². The fourth-order valence-corrected chi connectivity index (χ4v) is 5.44. The first-order valence-electron chi connectivity index (χ1n) is 12.8. The average Bonchev–Trinajstić information content (AvgIpc) is 3.16. The Kier molecular flexibility index (Phi) is 9.30. The van der Waals surface area contributed by atoms with E-state index in [-0.39, 0.29) is 36.0 Å². The van der Waals surface area contributed by atoms with Crippen molar-refractivity contribution in [3.05, 3.63) is 69.8 Å². The van der Waals surface area contributed by atoms with Crippen molar-refractivity contribution in [1.29, 1.82) is 0 Å². The molecule has 9 nitrogen and oxygen atoms in total. The molecule has 0 fully saturated rings. The van der Waals surface area contributed by atoms with Crippen LogP contribution in [0.25, 0.3) is 22.2 Å². The molecule has 10 heteroatoms. The summed E-state index contributed by atoms with van der Waals surface area (Å²) in [7, 11) is 1.83. The van der Waals surface area contributed by atoms with Crippen LogP contribution in [-0.4, -0.2) is 39.2 Å². The van der Waals surface area contributed by atoms with Crippen LogP contribution in [0.1, 0.15) is 43.0 Å². The van der Waals surface area contributed by atoms with Gasteiger partial charge in [0, 0.05) is 57.9 Å². The lowest BCUT2D eigenvalue weighted by Crippen LogP contribution is -2.17. The van der Waals surface area contributed by atoms with Gasteiger partial charge in [-0.05, 0) is 59.3 Å². The van der Waals surface area contributed by atoms with E-state index in [0.717, 1.165) is 27.7 Å². The Morgan fingerprint density at radius 3 is 2.25 bits per heavy atom. The van der Waals surface area contributed by atoms with E-state index in [1.807, 2.05) is 29.8 Å². The second-order valence-electron chi connectivity index (χ2n) is 9.32. The van der Waals surface area contributed by atoms with E-state index in [1.165, 1.54) is 12.1 Å². The normalized spacial score (nSPS) is 10.9. The molecule has 1 aromatic heterocycles. The molecular weight excluding hydrogens is 625 g/mol. The van der Waals surface area contributed by atoms with Gasteiger partial charge in [0.05, 0.1) is 17.8 Å². The Morgan fingerprint density at radius 1 is 0.950 bits per heavy atom. The monoisotopic (exact) mass is 655 g/mol. The van der Waals surface area contributed by atoms with Gasteiger partial charge in [0.25, 0.3) is 0 Å². The molecule has 0 aliphatic rings. The molecule has 0 saturated heterocycles. The summed E-state index contributed by atoms with van der Waals surface area (Å²) < 4.78 is 8.36. The van der Waals surface area contributed by atoms with Crippen LogP contribution < -0.4 is 15.4 Å². The number of carboxylic acid groups (broad SMARTS) is 1. The van der Waals surface area contributed by atoms with Gasteiger partial charge in [0.1, 0.15) is 17.1 Å². The number of carbonyl (C=O) groups is 3. The number of carboxylic acids is 1. The minimum atomic E-state index is -1.20. The zero-order valence-electron chi connectivity index (χ0n) is 22.2. The minimum Gasteiger partial charge on any atom is -0.507 e. The molecule has 4 aromatic rings. The highest BCUT2D eigenvalue weighted by Crippen LogP contribution is 2.37. The van der Waals surface area contributed by atoms with Crippen molar-refractivity contribution in [3.63, 3.8) is 0 Å². The van der Waals surface area contributed by atoms with E-state index in [2.05, 4.69) is 40.1 Å². The first kappa shape index (κ1) is 28.9. The van der Waals surface area contributed by atoms with Crippen LogP contribution in [0.2, 0.25) is 0 Å². The Hall–Kier alpha value is -4.06. The number of amides is 2. The number of aromatic nitrogens is 1. The molecule has 4 N–H and O–H groups in total. The largest absolute Gasteiger partial charge is 0.507 e. The lowest BCUT2D eigenvalue weighted by Gasteiger charge is -2.10. The molecule has 0 aliphatic heterocycles. The minimum absolute atomic E-state index is 0.00552. The van der Waals surface area contributed by atoms with Crippen molar-refractivity contribution >= 4 is 62.7 Å². The summed E-state index contributed by atoms with van der Waals surface area (Å²) in [6, 6.07) is 17.3. The van der Waals surface area contributed by atoms with Crippen LogP contribution in [0, 0.1) is 3.57 Å². The van der Waals surface area contributed by atoms with Gasteiger partial charge >= 0.3 is 5.97 Å². The molecule has 0 unspecified atom stereocenters. The number of fused-ring (bicyclic) bond motifs is 1. The van der Waals surface area contributed by atoms with Crippen molar-refractivity contribution in [2.24, 2.45) is 7.05 Å². The number of benzene rings is 3. The van der Waals surface area contributed by atoms with Crippen molar-refractivity contribution in [2.45, 2.75) is 32.6 Å². The van der Waals surface area contributed by atoms with E-state index >= 15 is 0 Å². The van der Waals surface area contributed by atoms with Crippen LogP contribution in [0.3, 0.4) is 0 Å². The standard InChI is InChI=1S/C30H30IN3O6/c1-3-4-13-40-21-10-6-9-20(15-21)33-27(37)12-11-26(36)32-19-8-5-7-18(14-19)29-28(31)22-16-23(30(38)39)25(35)17-24(22)34(29)2/h5-10,14-17,35H,3-4,11-13H2,1-2H3,(H,32,36)(H,33,37)(H,38,39). The first-order valence-corrected chi connectivity index (χ1v) is 13.9. The van der Waals surface area contributed by atoms with Crippen molar-refractivity contribution in [2.75, 3.05) is 17.2 Å². The quantitative estimate of drug-likeness (QED) is 0.110. The number of aryl methyl sites for hydroxylation is 1. The summed E-state index contributed by atoms with van der Waals surface area (Å²) in [6.07, 6.45) is 2.01. The maximum Gasteiger partial charge on any atom is 0.339 e. The van der Waals surface area contributed by atoms with E-state index in [4.69, 9.17) is 4.74 Å². The number of hydrogen-bond donors (Lipinski definition) is 4. The molecule has 0 aliphatic carbocycles. The predicted octanol–water partition coefficient (Wildman–Crippen LogP) is 6.39. The van der Waals surface area contributed by atoms with Gasteiger partial charge in [0.2, 0.25) is 11.8 Å². The summed E-state index contributed by atoms with van der Waals surface area (Å²) >= 11 is 2.16. The highest BCUT2D eigenvalue weighted by molar-refractivity contribution is 14.1. The van der Waals surface area contributed by atoms with Gasteiger partial charge in [-0.1, -0.05) is 31.5 Å². The summed E-state index contributed by atoms with van der Waals surface area (Å²) in [6.45, 7) is 2.70. The van der Waals surface area contributed by atoms with Crippen LogP contribution in [0.4, 0.5) is 11.4 Å². The van der Waals surface area contributed by atoms with E-state index in [0.29, 0.717) is 34.6 Å². The van der Waals surface area contributed by atoms with Gasteiger partial charge in [-0.15, -0.1) is 0 Å². The lowest BCUT2D eigenvalue weighted by atomic mass is 10.1. The number of anilines is 2. The summed E-state index contributed by atoms with van der Waals surface area (Å²) in [5, 5.41) is 25.9. The fraction of sp³-hybridized carbons (Fsp3) is 0.233. The van der Waals surface area contributed by atoms with Crippen LogP contribution >= 0.6 is 22.6 Å². The molecule has 3 aromatic carbocycles. The molecule has 0 spiro atoms. The first-order chi connectivity index (χ1) is 19.2. The second kappa shape index (κ2) is 12.9. The molecular formula is C30H30IN3O6. The number of phenols is 1. The zero-order chi connectivity index (χ0) is 28.8. The Morgan fingerprint density at radius 2 is 1.60 bits per heavy atom. The number of ether oxygens (including phenoxy) is 1. The molecule has 4 rings (SSSR count). The van der Waals surface area contributed by atoms with Crippen molar-refractivity contribution < 1.29 is 29.3 Å². The van der Waals surface area contributed by atoms with Gasteiger partial charge in [0.15, 0.2) is 0 Å². The molecule has 0 saturated carbocycles. The van der Waals surface area contributed by atoms with E-state index in [9.17, 15) is 24.6 Å². The van der Waals surface area contributed by atoms with Crippen LogP contribution in [-0.2, 0) is 16.6 Å². The fourth-order valence-electron chi connectivity index (χ4n) is 4.33. The number of aromatic hydroxyl groups is 1. The number of rotatable bonds is 11. The number of halogens is 1. The smallest absolute Gasteiger partial charge is 0.339 e. The van der Waals surface area contributed by atoms with Crippen molar-refractivity contribution in [3.8, 4) is 22.8 Å². The third kappa shape index (κ3) is 6.74. The Bertz CT molecular complexity index is 1580. The van der Waals surface area contributed by atoms with E-state index < -0.39 is 5.97 Å². The molecule has 0 atom stereocenters. The molecule has 0 bridgehead atoms. The van der Waals surface area contributed by atoms with Crippen LogP contribution in [0.15, 0.2) is 60.7 Å². The van der Waals surface area contributed by atoms with E-state index in [1.54, 1.807) is 30.3 Å². The second-order valence-corrected chi connectivity index (χ2v) is 10.4. The Balaban J connectivity index is 1.41.